The predicted octanol–water partition coefficient (Wildman–Crippen LogP) is 4.46. The molecule has 2 aromatic rings. The van der Waals surface area contributed by atoms with Gasteiger partial charge >= 0.3 is 0 Å². The number of halogens is 1. The van der Waals surface area contributed by atoms with Gasteiger partial charge in [0.25, 0.3) is 0 Å². The Labute approximate surface area is 127 Å². The van der Waals surface area contributed by atoms with E-state index in [-0.39, 0.29) is 11.7 Å². The van der Waals surface area contributed by atoms with Crippen molar-refractivity contribution >= 4 is 38.3 Å². The zero-order valence-corrected chi connectivity index (χ0v) is 13.3. The molecule has 1 N–H and O–H groups in total. The van der Waals surface area contributed by atoms with Gasteiger partial charge in [0, 0.05) is 22.8 Å². The lowest BCUT2D eigenvalue weighted by Crippen LogP contribution is -2.23. The molecule has 0 aliphatic carbocycles. The average molecular weight is 336 g/mol. The fourth-order valence-corrected chi connectivity index (χ4v) is 2.90. The molecule has 106 valence electrons. The van der Waals surface area contributed by atoms with E-state index in [9.17, 15) is 9.90 Å². The second-order valence-electron chi connectivity index (χ2n) is 4.45. The van der Waals surface area contributed by atoms with Crippen LogP contribution in [0.5, 0.6) is 5.75 Å². The van der Waals surface area contributed by atoms with Crippen LogP contribution >= 0.6 is 15.9 Å². The van der Waals surface area contributed by atoms with Crippen LogP contribution in [0.4, 0.5) is 5.69 Å². The fourth-order valence-electron chi connectivity index (χ4n) is 2.42. The van der Waals surface area contributed by atoms with Gasteiger partial charge in [-0.15, -0.1) is 0 Å². The van der Waals surface area contributed by atoms with Crippen LogP contribution in [0, 0.1) is 0 Å². The van der Waals surface area contributed by atoms with Crippen molar-refractivity contribution < 1.29 is 9.90 Å². The van der Waals surface area contributed by atoms with Crippen LogP contribution in [0.15, 0.2) is 34.8 Å². The maximum absolute atomic E-state index is 11.8. The van der Waals surface area contributed by atoms with Crippen molar-refractivity contribution in [3.8, 4) is 5.75 Å². The van der Waals surface area contributed by atoms with Gasteiger partial charge in [-0.05, 0) is 42.1 Å². The van der Waals surface area contributed by atoms with Gasteiger partial charge in [-0.25, -0.2) is 0 Å². The molecule has 1 aliphatic rings. The minimum Gasteiger partial charge on any atom is -0.508 e. The van der Waals surface area contributed by atoms with E-state index in [4.69, 9.17) is 0 Å². The van der Waals surface area contributed by atoms with E-state index in [1.54, 1.807) is 17.0 Å². The third-order valence-corrected chi connectivity index (χ3v) is 3.98. The van der Waals surface area contributed by atoms with Crippen LogP contribution < -0.4 is 4.90 Å². The normalized spacial score (nSPS) is 14.3. The molecule has 0 bridgehead atoms. The summed E-state index contributed by atoms with van der Waals surface area (Å²) in [5, 5.41) is 11.5. The SMILES string of the molecule is CC.O=C1CCCN1c1ccc(Br)c2ccc(O)cc12. The standard InChI is InChI=1S/C14H12BrNO2.C2H6/c15-12-5-6-13(16-7-1-2-14(16)18)11-8-9(17)3-4-10(11)12;1-2/h3-6,8,17H,1-2,7H2;1-2H3. The van der Waals surface area contributed by atoms with E-state index in [1.807, 2.05) is 32.0 Å². The van der Waals surface area contributed by atoms with Gasteiger partial charge in [-0.1, -0.05) is 29.8 Å². The van der Waals surface area contributed by atoms with Gasteiger partial charge < -0.3 is 10.0 Å². The Morgan fingerprint density at radius 2 is 1.90 bits per heavy atom. The quantitative estimate of drug-likeness (QED) is 0.835. The van der Waals surface area contributed by atoms with Crippen molar-refractivity contribution in [3.05, 3.63) is 34.8 Å². The third kappa shape index (κ3) is 2.66. The third-order valence-electron chi connectivity index (χ3n) is 3.29. The van der Waals surface area contributed by atoms with E-state index in [1.165, 1.54) is 0 Å². The Hall–Kier alpha value is -1.55. The summed E-state index contributed by atoms with van der Waals surface area (Å²) in [5.74, 6) is 0.371. The molecule has 1 heterocycles. The average Bonchev–Trinajstić information content (AvgIpc) is 2.87. The first-order valence-electron chi connectivity index (χ1n) is 6.88. The van der Waals surface area contributed by atoms with Crippen molar-refractivity contribution in [2.45, 2.75) is 26.7 Å². The molecule has 1 amide bonds. The van der Waals surface area contributed by atoms with Crippen LogP contribution in [0.2, 0.25) is 0 Å². The van der Waals surface area contributed by atoms with E-state index in [2.05, 4.69) is 15.9 Å². The van der Waals surface area contributed by atoms with Crippen molar-refractivity contribution in [2.75, 3.05) is 11.4 Å². The second-order valence-corrected chi connectivity index (χ2v) is 5.30. The molecule has 0 saturated carbocycles. The Kier molecular flexibility index (Phi) is 4.65. The first-order chi connectivity index (χ1) is 9.66. The highest BCUT2D eigenvalue weighted by Crippen LogP contribution is 2.36. The van der Waals surface area contributed by atoms with Gasteiger partial charge in [0.15, 0.2) is 0 Å². The summed E-state index contributed by atoms with van der Waals surface area (Å²) < 4.78 is 0.966. The highest BCUT2D eigenvalue weighted by Gasteiger charge is 2.23. The molecule has 0 radical (unpaired) electrons. The van der Waals surface area contributed by atoms with E-state index in [0.29, 0.717) is 6.42 Å². The summed E-state index contributed by atoms with van der Waals surface area (Å²) in [5.41, 5.74) is 0.881. The van der Waals surface area contributed by atoms with E-state index < -0.39 is 0 Å². The van der Waals surface area contributed by atoms with E-state index >= 15 is 0 Å². The lowest BCUT2D eigenvalue weighted by Gasteiger charge is -2.18. The predicted molar refractivity (Wildman–Crippen MR) is 86.2 cm³/mol. The van der Waals surface area contributed by atoms with Crippen molar-refractivity contribution in [1.82, 2.24) is 0 Å². The number of hydrogen-bond acceptors (Lipinski definition) is 2. The second kappa shape index (κ2) is 6.27. The van der Waals surface area contributed by atoms with Crippen LogP contribution in [0.3, 0.4) is 0 Å². The number of aromatic hydroxyl groups is 1. The van der Waals surface area contributed by atoms with E-state index in [0.717, 1.165) is 33.9 Å². The molecule has 0 atom stereocenters. The summed E-state index contributed by atoms with van der Waals surface area (Å²) in [7, 11) is 0. The number of hydrogen-bond donors (Lipinski definition) is 1. The number of benzene rings is 2. The van der Waals surface area contributed by atoms with Crippen molar-refractivity contribution in [2.24, 2.45) is 0 Å². The maximum atomic E-state index is 11.8. The molecule has 1 fully saturated rings. The number of phenols is 1. The van der Waals surface area contributed by atoms with Crippen LogP contribution in [-0.4, -0.2) is 17.6 Å². The molecule has 1 aliphatic heterocycles. The van der Waals surface area contributed by atoms with Crippen LogP contribution in [-0.2, 0) is 4.79 Å². The molecule has 4 heteroatoms. The van der Waals surface area contributed by atoms with Gasteiger partial charge in [-0.2, -0.15) is 0 Å². The number of rotatable bonds is 1. The first kappa shape index (κ1) is 14.9. The van der Waals surface area contributed by atoms with Gasteiger partial charge in [0.05, 0.1) is 5.69 Å². The molecular formula is C16H18BrNO2. The summed E-state index contributed by atoms with van der Waals surface area (Å²) in [6.07, 6.45) is 1.51. The molecule has 3 rings (SSSR count). The Bertz CT molecular complexity index is 640. The monoisotopic (exact) mass is 335 g/mol. The number of nitrogens with zero attached hydrogens (tertiary/aromatic N) is 1. The molecule has 3 nitrogen and oxygen atoms in total. The number of fused-ring (bicyclic) bond motifs is 1. The Balaban J connectivity index is 0.000000704. The molecule has 1 saturated heterocycles. The van der Waals surface area contributed by atoms with Crippen molar-refractivity contribution in [1.29, 1.82) is 0 Å². The van der Waals surface area contributed by atoms with Gasteiger partial charge in [-0.3, -0.25) is 4.79 Å². The lowest BCUT2D eigenvalue weighted by molar-refractivity contribution is -0.117. The molecule has 20 heavy (non-hydrogen) atoms. The minimum atomic E-state index is 0.155. The molecule has 0 spiro atoms. The zero-order chi connectivity index (χ0) is 14.7. The topological polar surface area (TPSA) is 40.5 Å². The Morgan fingerprint density at radius 1 is 1.15 bits per heavy atom. The summed E-state index contributed by atoms with van der Waals surface area (Å²) in [6.45, 7) is 4.76. The molecule has 2 aromatic carbocycles. The van der Waals surface area contributed by atoms with Gasteiger partial charge in [0.2, 0.25) is 5.91 Å². The summed E-state index contributed by atoms with van der Waals surface area (Å²) in [4.78, 5) is 13.6. The number of amides is 1. The van der Waals surface area contributed by atoms with Crippen molar-refractivity contribution in [3.63, 3.8) is 0 Å². The summed E-state index contributed by atoms with van der Waals surface area (Å²) >= 11 is 3.49. The minimum absolute atomic E-state index is 0.155. The number of phenolic OH excluding ortho intramolecular Hbond substituents is 1. The molecule has 0 aromatic heterocycles. The van der Waals surface area contributed by atoms with Gasteiger partial charge in [0.1, 0.15) is 5.75 Å². The Morgan fingerprint density at radius 3 is 2.55 bits per heavy atom. The number of carbonyl (C=O) groups is 1. The number of carbonyl (C=O) groups excluding carboxylic acids is 1. The fraction of sp³-hybridized carbons (Fsp3) is 0.312. The number of anilines is 1. The van der Waals surface area contributed by atoms with Crippen LogP contribution in [0.1, 0.15) is 26.7 Å². The highest BCUT2D eigenvalue weighted by atomic mass is 79.9. The lowest BCUT2D eigenvalue weighted by atomic mass is 10.1. The first-order valence-corrected chi connectivity index (χ1v) is 7.68. The zero-order valence-electron chi connectivity index (χ0n) is 11.7. The van der Waals surface area contributed by atoms with Crippen LogP contribution in [0.25, 0.3) is 10.8 Å². The highest BCUT2D eigenvalue weighted by molar-refractivity contribution is 9.10. The summed E-state index contributed by atoms with van der Waals surface area (Å²) in [6, 6.07) is 9.10. The molecular weight excluding hydrogens is 318 g/mol. The largest absolute Gasteiger partial charge is 0.508 e. The molecule has 0 unspecified atom stereocenters. The maximum Gasteiger partial charge on any atom is 0.227 e. The smallest absolute Gasteiger partial charge is 0.227 e.